The third kappa shape index (κ3) is 3.49. The Morgan fingerprint density at radius 1 is 0.968 bits per heavy atom. The molecule has 0 heterocycles. The van der Waals surface area contributed by atoms with Crippen LogP contribution in [0.25, 0.3) is 0 Å². The van der Waals surface area contributed by atoms with Crippen molar-refractivity contribution in [2.45, 2.75) is 55.9 Å². The smallest absolute Gasteiger partial charge is 0.317 e. The Bertz CT molecular complexity index is 1060. The van der Waals surface area contributed by atoms with E-state index < -0.39 is 67.0 Å². The first kappa shape index (κ1) is 22.0. The van der Waals surface area contributed by atoms with Gasteiger partial charge >= 0.3 is 11.9 Å². The number of esters is 2. The fourth-order valence-corrected chi connectivity index (χ4v) is 6.56. The average Bonchev–Trinajstić information content (AvgIpc) is 2.60. The lowest BCUT2D eigenvalue weighted by Gasteiger charge is -2.59. The summed E-state index contributed by atoms with van der Waals surface area (Å²) in [4.78, 5) is 22.2. The van der Waals surface area contributed by atoms with Gasteiger partial charge in [-0.3, -0.25) is 9.59 Å². The Labute approximate surface area is 174 Å². The Morgan fingerprint density at radius 3 is 1.94 bits per heavy atom. The molecule has 0 radical (unpaired) electrons. The first-order chi connectivity index (χ1) is 14.3. The zero-order valence-corrected chi connectivity index (χ0v) is 17.0. The van der Waals surface area contributed by atoms with E-state index >= 15 is 0 Å². The summed E-state index contributed by atoms with van der Waals surface area (Å²) in [5.41, 5.74) is -2.21. The van der Waals surface area contributed by atoms with Crippen LogP contribution in [0.4, 0.5) is 17.6 Å². The molecule has 0 aromatic heterocycles. The molecule has 2 atom stereocenters. The van der Waals surface area contributed by atoms with E-state index in [4.69, 9.17) is 9.47 Å². The average molecular weight is 465 g/mol. The van der Waals surface area contributed by atoms with Gasteiger partial charge in [0, 0.05) is 13.3 Å². The zero-order valence-electron chi connectivity index (χ0n) is 16.2. The molecule has 0 N–H and O–H groups in total. The number of carbonyl (C=O) groups excluding carboxylic acids is 2. The van der Waals surface area contributed by atoms with Gasteiger partial charge in [-0.25, -0.2) is 17.2 Å². The van der Waals surface area contributed by atoms with Crippen molar-refractivity contribution in [1.82, 2.24) is 0 Å². The van der Waals surface area contributed by atoms with E-state index in [1.165, 1.54) is 6.92 Å². The van der Waals surface area contributed by atoms with Gasteiger partial charge in [0.25, 0.3) is 0 Å². The Balaban J connectivity index is 1.70. The number of rotatable bonds is 4. The van der Waals surface area contributed by atoms with Crippen LogP contribution in [0.5, 0.6) is 5.75 Å². The van der Waals surface area contributed by atoms with Crippen molar-refractivity contribution in [2.24, 2.45) is 17.3 Å². The molecule has 5 rings (SSSR count). The molecule has 4 aliphatic rings. The van der Waals surface area contributed by atoms with Crippen molar-refractivity contribution in [3.8, 4) is 5.75 Å². The van der Waals surface area contributed by atoms with E-state index in [2.05, 4.69) is 0 Å². The summed E-state index contributed by atoms with van der Waals surface area (Å²) in [6, 6.07) is 0. The van der Waals surface area contributed by atoms with Gasteiger partial charge in [0.15, 0.2) is 11.6 Å². The lowest BCUT2D eigenvalue weighted by Crippen LogP contribution is -2.60. The molecule has 0 spiro atoms. The van der Waals surface area contributed by atoms with E-state index in [9.17, 15) is 40.1 Å². The van der Waals surface area contributed by atoms with Crippen LogP contribution in [0.1, 0.15) is 45.4 Å². The van der Waals surface area contributed by atoms with Crippen molar-refractivity contribution in [2.75, 3.05) is 0 Å². The lowest BCUT2D eigenvalue weighted by atomic mass is 9.48. The maximum Gasteiger partial charge on any atom is 0.317 e. The minimum atomic E-state index is -5.88. The molecule has 31 heavy (non-hydrogen) atoms. The first-order valence-electron chi connectivity index (χ1n) is 9.51. The van der Waals surface area contributed by atoms with Gasteiger partial charge in [-0.15, -0.1) is 0 Å². The summed E-state index contributed by atoms with van der Waals surface area (Å²) in [5, 5.41) is 0. The van der Waals surface area contributed by atoms with Crippen LogP contribution in [0, 0.1) is 40.5 Å². The topological polar surface area (TPSA) is 110 Å². The highest BCUT2D eigenvalue weighted by Gasteiger charge is 2.63. The van der Waals surface area contributed by atoms with Crippen molar-refractivity contribution in [3.05, 3.63) is 23.3 Å². The van der Waals surface area contributed by atoms with Crippen LogP contribution in [0.15, 0.2) is 4.90 Å². The standard InChI is InChI=1S/C19H18F4O7S/c1-8(24)30-19-5-9-2-10(6-19)4-18(3-9,7-19)17(25)29-15-11(20)13(22)16(31(26,27)28)14(23)12(15)21/h9-10H,2-7H2,1H3,(H,26,27,28)/p-1. The minimum absolute atomic E-state index is 0.00991. The molecule has 4 aliphatic carbocycles. The van der Waals surface area contributed by atoms with E-state index in [1.807, 2.05) is 0 Å². The molecule has 4 fully saturated rings. The number of halogens is 4. The van der Waals surface area contributed by atoms with Gasteiger partial charge in [0.05, 0.1) is 5.41 Å². The fraction of sp³-hybridized carbons (Fsp3) is 0.579. The third-order valence-corrected chi connectivity index (χ3v) is 7.29. The highest BCUT2D eigenvalue weighted by molar-refractivity contribution is 7.85. The number of ether oxygens (including phenoxy) is 2. The second kappa shape index (κ2) is 6.89. The minimum Gasteiger partial charge on any atom is -0.744 e. The predicted molar refractivity (Wildman–Crippen MR) is 91.5 cm³/mol. The van der Waals surface area contributed by atoms with Crippen molar-refractivity contribution in [3.63, 3.8) is 0 Å². The molecular formula is C19H17F4O7S-. The largest absolute Gasteiger partial charge is 0.744 e. The first-order valence-corrected chi connectivity index (χ1v) is 10.9. The van der Waals surface area contributed by atoms with Crippen LogP contribution in [0.2, 0.25) is 0 Å². The van der Waals surface area contributed by atoms with Gasteiger partial charge in [0.2, 0.25) is 17.4 Å². The third-order valence-electron chi connectivity index (χ3n) is 6.43. The molecule has 12 heteroatoms. The Hall–Kier alpha value is -2.21. The summed E-state index contributed by atoms with van der Waals surface area (Å²) in [6.45, 7) is 1.23. The number of hydrogen-bond acceptors (Lipinski definition) is 7. The quantitative estimate of drug-likeness (QED) is 0.221. The van der Waals surface area contributed by atoms with Crippen molar-refractivity contribution in [1.29, 1.82) is 0 Å². The molecule has 4 saturated carbocycles. The maximum absolute atomic E-state index is 14.3. The van der Waals surface area contributed by atoms with Crippen molar-refractivity contribution < 1.29 is 49.6 Å². The van der Waals surface area contributed by atoms with Gasteiger partial charge < -0.3 is 14.0 Å². The van der Waals surface area contributed by atoms with Gasteiger partial charge in [0.1, 0.15) is 20.6 Å². The molecular weight excluding hydrogens is 448 g/mol. The van der Waals surface area contributed by atoms with Gasteiger partial charge in [-0.05, 0) is 43.9 Å². The molecule has 170 valence electrons. The Morgan fingerprint density at radius 2 is 1.48 bits per heavy atom. The van der Waals surface area contributed by atoms with Crippen LogP contribution in [-0.4, -0.2) is 30.5 Å². The molecule has 1 aromatic rings. The molecule has 4 bridgehead atoms. The SMILES string of the molecule is CC(=O)OC12CC3CC(C1)CC(C(=O)Oc1c(F)c(F)c(S(=O)(=O)[O-])c(F)c1F)(C3)C2. The maximum atomic E-state index is 14.3. The van der Waals surface area contributed by atoms with Gasteiger partial charge in [-0.2, -0.15) is 8.78 Å². The van der Waals surface area contributed by atoms with Crippen LogP contribution in [-0.2, 0) is 24.4 Å². The molecule has 1 aromatic carbocycles. The molecule has 2 unspecified atom stereocenters. The normalized spacial score (nSPS) is 31.5. The van der Waals surface area contributed by atoms with Crippen LogP contribution >= 0.6 is 0 Å². The summed E-state index contributed by atoms with van der Waals surface area (Å²) in [7, 11) is -5.88. The summed E-state index contributed by atoms with van der Waals surface area (Å²) in [5.74, 6) is -13.0. The van der Waals surface area contributed by atoms with E-state index in [0.717, 1.165) is 6.42 Å². The molecule has 0 aliphatic heterocycles. The number of carbonyl (C=O) groups is 2. The predicted octanol–water partition coefficient (Wildman–Crippen LogP) is 2.95. The van der Waals surface area contributed by atoms with E-state index in [-0.39, 0.29) is 31.1 Å². The van der Waals surface area contributed by atoms with Crippen LogP contribution in [0.3, 0.4) is 0 Å². The number of hydrogen-bond donors (Lipinski definition) is 0. The van der Waals surface area contributed by atoms with Crippen molar-refractivity contribution >= 4 is 22.1 Å². The summed E-state index contributed by atoms with van der Waals surface area (Å²) in [6.07, 6.45) is 2.44. The monoisotopic (exact) mass is 465 g/mol. The highest BCUT2D eigenvalue weighted by atomic mass is 32.2. The number of benzene rings is 1. The zero-order chi connectivity index (χ0) is 22.9. The lowest BCUT2D eigenvalue weighted by molar-refractivity contribution is -0.207. The molecule has 0 saturated heterocycles. The summed E-state index contributed by atoms with van der Waals surface area (Å²) < 4.78 is 99.6. The van der Waals surface area contributed by atoms with Gasteiger partial charge in [-0.1, -0.05) is 0 Å². The van der Waals surface area contributed by atoms with E-state index in [1.54, 1.807) is 0 Å². The second-order valence-electron chi connectivity index (χ2n) is 8.78. The van der Waals surface area contributed by atoms with E-state index in [0.29, 0.717) is 12.8 Å². The fourth-order valence-electron chi connectivity index (χ4n) is 5.94. The highest BCUT2D eigenvalue weighted by Crippen LogP contribution is 2.63. The molecule has 7 nitrogen and oxygen atoms in total. The summed E-state index contributed by atoms with van der Waals surface area (Å²) >= 11 is 0. The van der Waals surface area contributed by atoms with Crippen LogP contribution < -0.4 is 4.74 Å². The Kier molecular flexibility index (Phi) is 4.89. The second-order valence-corrected chi connectivity index (χ2v) is 10.1. The molecule has 0 amide bonds.